The van der Waals surface area contributed by atoms with Crippen molar-refractivity contribution in [2.45, 2.75) is 26.1 Å². The Morgan fingerprint density at radius 1 is 1.47 bits per heavy atom. The smallest absolute Gasteiger partial charge is 0.320 e. The molecule has 0 radical (unpaired) electrons. The van der Waals surface area contributed by atoms with Gasteiger partial charge in [0.2, 0.25) is 0 Å². The van der Waals surface area contributed by atoms with Crippen molar-refractivity contribution in [2.75, 3.05) is 0 Å². The Labute approximate surface area is 93.3 Å². The average molecular weight is 226 g/mol. The van der Waals surface area contributed by atoms with Gasteiger partial charge in [-0.2, -0.15) is 0 Å². The zero-order valence-electron chi connectivity index (χ0n) is 8.40. The third-order valence-corrected chi connectivity index (χ3v) is 3.06. The van der Waals surface area contributed by atoms with Crippen LogP contribution in [0.3, 0.4) is 0 Å². The summed E-state index contributed by atoms with van der Waals surface area (Å²) < 4.78 is 0. The number of halogens is 1. The molecule has 1 N–H and O–H groups in total. The number of aliphatic carboxylic acids is 1. The van der Waals surface area contributed by atoms with Crippen LogP contribution in [0.1, 0.15) is 18.1 Å². The van der Waals surface area contributed by atoms with Crippen LogP contribution in [0, 0.1) is 0 Å². The summed E-state index contributed by atoms with van der Waals surface area (Å²) in [7, 11) is 0. The van der Waals surface area contributed by atoms with Crippen LogP contribution in [0.15, 0.2) is 18.2 Å². The number of rotatable bonds is 2. The summed E-state index contributed by atoms with van der Waals surface area (Å²) in [4.78, 5) is 12.8. The molecule has 1 atom stereocenters. The molecule has 0 saturated carbocycles. The molecule has 1 aliphatic heterocycles. The monoisotopic (exact) mass is 225 g/mol. The Hall–Kier alpha value is -1.06. The van der Waals surface area contributed by atoms with Crippen LogP contribution >= 0.6 is 11.6 Å². The molecular formula is C11H12ClNO2. The molecule has 1 heterocycles. The molecule has 4 heteroatoms. The molecule has 0 bridgehead atoms. The van der Waals surface area contributed by atoms with Crippen LogP contribution in [0.2, 0.25) is 5.02 Å². The average Bonchev–Trinajstić information content (AvgIpc) is 2.58. The topological polar surface area (TPSA) is 40.5 Å². The van der Waals surface area contributed by atoms with E-state index in [1.54, 1.807) is 6.92 Å². The molecule has 1 unspecified atom stereocenters. The lowest BCUT2D eigenvalue weighted by Gasteiger charge is -2.19. The van der Waals surface area contributed by atoms with Gasteiger partial charge in [-0.15, -0.1) is 0 Å². The van der Waals surface area contributed by atoms with E-state index in [9.17, 15) is 4.79 Å². The van der Waals surface area contributed by atoms with Crippen molar-refractivity contribution in [2.24, 2.45) is 0 Å². The highest BCUT2D eigenvalue weighted by Gasteiger charge is 2.26. The molecule has 0 aromatic heterocycles. The fourth-order valence-corrected chi connectivity index (χ4v) is 2.01. The summed E-state index contributed by atoms with van der Waals surface area (Å²) >= 11 is 5.88. The van der Waals surface area contributed by atoms with E-state index in [4.69, 9.17) is 16.7 Å². The minimum atomic E-state index is -0.783. The van der Waals surface area contributed by atoms with Crippen LogP contribution in [0.25, 0.3) is 0 Å². The largest absolute Gasteiger partial charge is 0.480 e. The first-order valence-electron chi connectivity index (χ1n) is 4.82. The highest BCUT2D eigenvalue weighted by Crippen LogP contribution is 2.26. The summed E-state index contributed by atoms with van der Waals surface area (Å²) in [5.74, 6) is -0.783. The van der Waals surface area contributed by atoms with Gasteiger partial charge in [-0.05, 0) is 30.2 Å². The molecule has 15 heavy (non-hydrogen) atoms. The van der Waals surface area contributed by atoms with Gasteiger partial charge >= 0.3 is 5.97 Å². The van der Waals surface area contributed by atoms with Crippen molar-refractivity contribution < 1.29 is 9.90 Å². The number of hydrogen-bond donors (Lipinski definition) is 1. The number of hydrogen-bond acceptors (Lipinski definition) is 2. The highest BCUT2D eigenvalue weighted by atomic mass is 35.5. The minimum absolute atomic E-state index is 0.448. The Kier molecular flexibility index (Phi) is 2.67. The summed E-state index contributed by atoms with van der Waals surface area (Å²) in [6.07, 6.45) is 0. The number of carboxylic acid groups (broad SMARTS) is 1. The van der Waals surface area contributed by atoms with Crippen LogP contribution < -0.4 is 0 Å². The van der Waals surface area contributed by atoms with E-state index < -0.39 is 12.0 Å². The van der Waals surface area contributed by atoms with Gasteiger partial charge in [-0.1, -0.05) is 17.7 Å². The van der Waals surface area contributed by atoms with E-state index in [-0.39, 0.29) is 0 Å². The van der Waals surface area contributed by atoms with E-state index >= 15 is 0 Å². The van der Waals surface area contributed by atoms with Gasteiger partial charge < -0.3 is 5.11 Å². The van der Waals surface area contributed by atoms with Crippen LogP contribution in [-0.2, 0) is 17.9 Å². The van der Waals surface area contributed by atoms with Crippen molar-refractivity contribution >= 4 is 17.6 Å². The van der Waals surface area contributed by atoms with E-state index in [1.165, 1.54) is 5.56 Å². The first-order valence-corrected chi connectivity index (χ1v) is 5.20. The van der Waals surface area contributed by atoms with Gasteiger partial charge in [0.1, 0.15) is 6.04 Å². The molecule has 1 aliphatic rings. The van der Waals surface area contributed by atoms with Crippen LogP contribution in [0.5, 0.6) is 0 Å². The zero-order valence-corrected chi connectivity index (χ0v) is 9.16. The highest BCUT2D eigenvalue weighted by molar-refractivity contribution is 6.30. The number of carbonyl (C=O) groups is 1. The van der Waals surface area contributed by atoms with E-state index in [0.717, 1.165) is 5.56 Å². The Balaban J connectivity index is 2.19. The van der Waals surface area contributed by atoms with Gasteiger partial charge in [0.25, 0.3) is 0 Å². The maximum Gasteiger partial charge on any atom is 0.320 e. The lowest BCUT2D eigenvalue weighted by atomic mass is 10.1. The SMILES string of the molecule is CC(C(=O)O)N1Cc2ccc(Cl)cc2C1. The fraction of sp³-hybridized carbons (Fsp3) is 0.364. The lowest BCUT2D eigenvalue weighted by Crippen LogP contribution is -2.34. The predicted molar refractivity (Wildman–Crippen MR) is 57.8 cm³/mol. The molecular weight excluding hydrogens is 214 g/mol. The van der Waals surface area contributed by atoms with Gasteiger partial charge in [0, 0.05) is 18.1 Å². The van der Waals surface area contributed by atoms with Crippen molar-refractivity contribution in [3.63, 3.8) is 0 Å². The van der Waals surface area contributed by atoms with Gasteiger partial charge in [-0.25, -0.2) is 0 Å². The Bertz CT molecular complexity index is 406. The van der Waals surface area contributed by atoms with Gasteiger partial charge in [0.15, 0.2) is 0 Å². The third kappa shape index (κ3) is 1.98. The van der Waals surface area contributed by atoms with Crippen molar-refractivity contribution in [1.29, 1.82) is 0 Å². The molecule has 1 aromatic rings. The molecule has 0 saturated heterocycles. The predicted octanol–water partition coefficient (Wildman–Crippen LogP) is 2.13. The van der Waals surface area contributed by atoms with Crippen molar-refractivity contribution in [1.82, 2.24) is 4.90 Å². The second-order valence-electron chi connectivity index (χ2n) is 3.83. The normalized spacial score (nSPS) is 17.5. The molecule has 0 amide bonds. The minimum Gasteiger partial charge on any atom is -0.480 e. The third-order valence-electron chi connectivity index (χ3n) is 2.82. The quantitative estimate of drug-likeness (QED) is 0.838. The second-order valence-corrected chi connectivity index (χ2v) is 4.27. The van der Waals surface area contributed by atoms with E-state index in [1.807, 2.05) is 23.1 Å². The molecule has 80 valence electrons. The molecule has 2 rings (SSSR count). The maximum atomic E-state index is 10.8. The molecule has 0 fully saturated rings. The summed E-state index contributed by atoms with van der Waals surface area (Å²) in [5, 5.41) is 9.62. The maximum absolute atomic E-state index is 10.8. The standard InChI is InChI=1S/C11H12ClNO2/c1-7(11(14)15)13-5-8-2-3-10(12)4-9(8)6-13/h2-4,7H,5-6H2,1H3,(H,14,15). The van der Waals surface area contributed by atoms with Crippen LogP contribution in [-0.4, -0.2) is 22.0 Å². The summed E-state index contributed by atoms with van der Waals surface area (Å²) in [6.45, 7) is 3.07. The second kappa shape index (κ2) is 3.83. The molecule has 3 nitrogen and oxygen atoms in total. The number of carboxylic acids is 1. The van der Waals surface area contributed by atoms with Crippen molar-refractivity contribution in [3.8, 4) is 0 Å². The Morgan fingerprint density at radius 3 is 2.80 bits per heavy atom. The first-order chi connectivity index (χ1) is 7.08. The number of benzene rings is 1. The Morgan fingerprint density at radius 2 is 2.13 bits per heavy atom. The summed E-state index contributed by atoms with van der Waals surface area (Å²) in [6, 6.07) is 5.27. The van der Waals surface area contributed by atoms with E-state index in [2.05, 4.69) is 0 Å². The van der Waals surface area contributed by atoms with E-state index in [0.29, 0.717) is 18.1 Å². The first kappa shape index (κ1) is 10.5. The lowest BCUT2D eigenvalue weighted by molar-refractivity contribution is -0.142. The van der Waals surface area contributed by atoms with Crippen LogP contribution in [0.4, 0.5) is 0 Å². The van der Waals surface area contributed by atoms with Crippen molar-refractivity contribution in [3.05, 3.63) is 34.3 Å². The zero-order chi connectivity index (χ0) is 11.0. The molecule has 0 aliphatic carbocycles. The fourth-order valence-electron chi connectivity index (χ4n) is 1.82. The molecule has 0 spiro atoms. The summed E-state index contributed by atoms with van der Waals surface area (Å²) in [5.41, 5.74) is 2.31. The molecule has 1 aromatic carbocycles. The van der Waals surface area contributed by atoms with Gasteiger partial charge in [-0.3, -0.25) is 9.69 Å². The number of fused-ring (bicyclic) bond motifs is 1. The van der Waals surface area contributed by atoms with Gasteiger partial charge in [0.05, 0.1) is 0 Å². The number of nitrogens with zero attached hydrogens (tertiary/aromatic N) is 1.